The van der Waals surface area contributed by atoms with Gasteiger partial charge in [0.25, 0.3) is 0 Å². The number of hydrogen-bond acceptors (Lipinski definition) is 9. The SMILES string of the molecule is O=C(O)CCC(=O)NCc1ccc(C2OC(CN3CCN(c4ncccn4)CC3)CC(c3ccc(CO)cc3)O2)cc1. The van der Waals surface area contributed by atoms with E-state index in [9.17, 15) is 14.7 Å². The third-order valence-electron chi connectivity index (χ3n) is 7.59. The normalized spacial score (nSPS) is 21.2. The Hall–Kier alpha value is -3.90. The number of anilines is 1. The lowest BCUT2D eigenvalue weighted by molar-refractivity contribution is -0.253. The molecule has 0 saturated carbocycles. The van der Waals surface area contributed by atoms with E-state index in [1.807, 2.05) is 54.6 Å². The third kappa shape index (κ3) is 8.10. The Morgan fingerprint density at radius 2 is 1.55 bits per heavy atom. The van der Waals surface area contributed by atoms with Gasteiger partial charge in [-0.25, -0.2) is 9.97 Å². The zero-order valence-corrected chi connectivity index (χ0v) is 23.5. The highest BCUT2D eigenvalue weighted by Crippen LogP contribution is 2.38. The zero-order valence-electron chi connectivity index (χ0n) is 23.5. The first-order valence-electron chi connectivity index (χ1n) is 14.3. The van der Waals surface area contributed by atoms with Crippen molar-refractivity contribution in [1.29, 1.82) is 0 Å². The van der Waals surface area contributed by atoms with Crippen molar-refractivity contribution in [2.24, 2.45) is 0 Å². The van der Waals surface area contributed by atoms with Crippen molar-refractivity contribution >= 4 is 17.8 Å². The molecule has 0 radical (unpaired) electrons. The van der Waals surface area contributed by atoms with E-state index < -0.39 is 12.3 Å². The molecule has 3 unspecified atom stereocenters. The summed E-state index contributed by atoms with van der Waals surface area (Å²) in [7, 11) is 0. The average molecular weight is 576 g/mol. The monoisotopic (exact) mass is 575 g/mol. The third-order valence-corrected chi connectivity index (χ3v) is 7.59. The van der Waals surface area contributed by atoms with Crippen molar-refractivity contribution in [3.63, 3.8) is 0 Å². The number of amides is 1. The molecule has 3 atom stereocenters. The van der Waals surface area contributed by atoms with Gasteiger partial charge in [-0.05, 0) is 22.8 Å². The molecule has 5 rings (SSSR count). The number of benzene rings is 2. The number of nitrogens with one attached hydrogen (secondary N) is 1. The number of carbonyl (C=O) groups excluding carboxylic acids is 1. The molecule has 3 heterocycles. The van der Waals surface area contributed by atoms with Crippen molar-refractivity contribution in [2.45, 2.75) is 50.9 Å². The van der Waals surface area contributed by atoms with Crippen molar-refractivity contribution in [3.8, 4) is 0 Å². The minimum absolute atomic E-state index is 0.00741. The standard InChI is InChI=1S/C31H37N5O6/c37-21-23-4-6-24(7-5-23)27-18-26(20-35-14-16-36(17-15-35)31-32-12-1-13-33-31)41-30(42-27)25-8-2-22(3-9-25)19-34-28(38)10-11-29(39)40/h1-9,12-13,26-27,30,37H,10-11,14-21H2,(H,34,38)(H,39,40). The number of aliphatic carboxylic acids is 1. The number of ether oxygens (including phenoxy) is 2. The molecule has 42 heavy (non-hydrogen) atoms. The molecule has 2 fully saturated rings. The summed E-state index contributed by atoms with van der Waals surface area (Å²) in [5, 5.41) is 21.0. The maximum absolute atomic E-state index is 11.9. The van der Waals surface area contributed by atoms with Crippen LogP contribution >= 0.6 is 0 Å². The van der Waals surface area contributed by atoms with Gasteiger partial charge in [0.05, 0.1) is 25.2 Å². The molecule has 2 saturated heterocycles. The maximum atomic E-state index is 11.9. The summed E-state index contributed by atoms with van der Waals surface area (Å²) in [5.41, 5.74) is 3.66. The number of rotatable bonds is 11. The number of aromatic nitrogens is 2. The van der Waals surface area contributed by atoms with Crippen LogP contribution in [0.5, 0.6) is 0 Å². The van der Waals surface area contributed by atoms with E-state index in [-0.39, 0.29) is 37.6 Å². The molecular weight excluding hydrogens is 538 g/mol. The van der Waals surface area contributed by atoms with E-state index in [1.54, 1.807) is 12.4 Å². The van der Waals surface area contributed by atoms with Crippen LogP contribution in [0.2, 0.25) is 0 Å². The van der Waals surface area contributed by atoms with Gasteiger partial charge in [0, 0.05) is 70.1 Å². The van der Waals surface area contributed by atoms with Crippen LogP contribution in [0, 0.1) is 0 Å². The van der Waals surface area contributed by atoms with Crippen molar-refractivity contribution < 1.29 is 29.3 Å². The predicted molar refractivity (Wildman–Crippen MR) is 154 cm³/mol. The molecule has 2 aromatic carbocycles. The van der Waals surface area contributed by atoms with Gasteiger partial charge in [-0.3, -0.25) is 14.5 Å². The molecule has 0 bridgehead atoms. The lowest BCUT2D eigenvalue weighted by Crippen LogP contribution is -2.50. The Bertz CT molecular complexity index is 1300. The van der Waals surface area contributed by atoms with Crippen LogP contribution in [0.1, 0.15) is 53.9 Å². The second-order valence-electron chi connectivity index (χ2n) is 10.6. The van der Waals surface area contributed by atoms with E-state index in [4.69, 9.17) is 14.6 Å². The predicted octanol–water partition coefficient (Wildman–Crippen LogP) is 2.82. The molecule has 11 nitrogen and oxygen atoms in total. The Morgan fingerprint density at radius 1 is 0.881 bits per heavy atom. The first-order chi connectivity index (χ1) is 20.5. The molecule has 0 spiro atoms. The Balaban J connectivity index is 1.23. The fourth-order valence-electron chi connectivity index (χ4n) is 5.21. The Kier molecular flexibility index (Phi) is 10.1. The fourth-order valence-corrected chi connectivity index (χ4v) is 5.21. The molecule has 0 aliphatic carbocycles. The maximum Gasteiger partial charge on any atom is 0.303 e. The number of aliphatic hydroxyl groups excluding tert-OH is 1. The smallest absolute Gasteiger partial charge is 0.303 e. The first kappa shape index (κ1) is 29.6. The summed E-state index contributed by atoms with van der Waals surface area (Å²) < 4.78 is 13.0. The zero-order chi connectivity index (χ0) is 29.3. The van der Waals surface area contributed by atoms with Crippen LogP contribution in [0.15, 0.2) is 67.0 Å². The minimum atomic E-state index is -0.994. The molecular formula is C31H37N5O6. The molecule has 1 amide bonds. The fraction of sp³-hybridized carbons (Fsp3) is 0.419. The highest BCUT2D eigenvalue weighted by Gasteiger charge is 2.34. The van der Waals surface area contributed by atoms with E-state index in [0.717, 1.165) is 60.9 Å². The van der Waals surface area contributed by atoms with Crippen LogP contribution in [0.3, 0.4) is 0 Å². The number of nitrogens with zero attached hydrogens (tertiary/aromatic N) is 4. The minimum Gasteiger partial charge on any atom is -0.481 e. The van der Waals surface area contributed by atoms with Gasteiger partial charge in [-0.1, -0.05) is 48.5 Å². The van der Waals surface area contributed by atoms with Crippen LogP contribution < -0.4 is 10.2 Å². The van der Waals surface area contributed by atoms with Crippen LogP contribution in [0.25, 0.3) is 0 Å². The van der Waals surface area contributed by atoms with Crippen LogP contribution in [-0.2, 0) is 32.2 Å². The highest BCUT2D eigenvalue weighted by atomic mass is 16.7. The van der Waals surface area contributed by atoms with Gasteiger partial charge < -0.3 is 29.9 Å². The highest BCUT2D eigenvalue weighted by molar-refractivity contribution is 5.80. The molecule has 3 aromatic rings. The van der Waals surface area contributed by atoms with Gasteiger partial charge >= 0.3 is 5.97 Å². The van der Waals surface area contributed by atoms with E-state index in [2.05, 4.69) is 25.1 Å². The van der Waals surface area contributed by atoms with Crippen molar-refractivity contribution in [3.05, 3.63) is 89.2 Å². The van der Waals surface area contributed by atoms with Crippen LogP contribution in [0.4, 0.5) is 5.95 Å². The number of hydrogen-bond donors (Lipinski definition) is 3. The summed E-state index contributed by atoms with van der Waals surface area (Å²) in [4.78, 5) is 36.0. The molecule has 3 N–H and O–H groups in total. The van der Waals surface area contributed by atoms with Crippen molar-refractivity contribution in [2.75, 3.05) is 37.6 Å². The Labute approximate surface area is 245 Å². The molecule has 2 aliphatic rings. The first-order valence-corrected chi connectivity index (χ1v) is 14.3. The summed E-state index contributed by atoms with van der Waals surface area (Å²) in [6, 6.07) is 17.4. The Morgan fingerprint density at radius 3 is 2.21 bits per heavy atom. The second kappa shape index (κ2) is 14.3. The molecule has 1 aromatic heterocycles. The number of piperazine rings is 1. The van der Waals surface area contributed by atoms with E-state index in [1.165, 1.54) is 0 Å². The molecule has 2 aliphatic heterocycles. The summed E-state index contributed by atoms with van der Waals surface area (Å²) >= 11 is 0. The van der Waals surface area contributed by atoms with Crippen molar-refractivity contribution in [1.82, 2.24) is 20.2 Å². The lowest BCUT2D eigenvalue weighted by Gasteiger charge is -2.40. The quantitative estimate of drug-likeness (QED) is 0.313. The van der Waals surface area contributed by atoms with E-state index >= 15 is 0 Å². The van der Waals surface area contributed by atoms with Gasteiger partial charge in [0.2, 0.25) is 11.9 Å². The summed E-state index contributed by atoms with van der Waals surface area (Å²) in [6.07, 6.45) is 3.21. The lowest BCUT2D eigenvalue weighted by atomic mass is 9.99. The number of aliphatic hydroxyl groups is 1. The molecule has 222 valence electrons. The second-order valence-corrected chi connectivity index (χ2v) is 10.6. The van der Waals surface area contributed by atoms with Crippen LogP contribution in [-0.4, -0.2) is 75.8 Å². The van der Waals surface area contributed by atoms with Gasteiger partial charge in [0.15, 0.2) is 6.29 Å². The van der Waals surface area contributed by atoms with Gasteiger partial charge in [-0.2, -0.15) is 0 Å². The summed E-state index contributed by atoms with van der Waals surface area (Å²) in [6.45, 7) is 4.53. The number of carbonyl (C=O) groups is 2. The average Bonchev–Trinajstić information content (AvgIpc) is 3.03. The number of carboxylic acid groups (broad SMARTS) is 1. The summed E-state index contributed by atoms with van der Waals surface area (Å²) in [5.74, 6) is -0.531. The topological polar surface area (TPSA) is 137 Å². The van der Waals surface area contributed by atoms with E-state index in [0.29, 0.717) is 13.0 Å². The number of carboxylic acids is 1. The molecule has 11 heteroatoms. The van der Waals surface area contributed by atoms with Gasteiger partial charge in [-0.15, -0.1) is 0 Å². The largest absolute Gasteiger partial charge is 0.481 e. The van der Waals surface area contributed by atoms with Gasteiger partial charge in [0.1, 0.15) is 0 Å².